The zero-order valence-electron chi connectivity index (χ0n) is 21.9. The highest BCUT2D eigenvalue weighted by Crippen LogP contribution is 2.38. The molecule has 0 unspecified atom stereocenters. The molecule has 2 aliphatic rings. The fourth-order valence-electron chi connectivity index (χ4n) is 4.08. The molecule has 188 valence electrons. The minimum atomic E-state index is -0.673. The number of amidine groups is 2. The summed E-state index contributed by atoms with van der Waals surface area (Å²) >= 11 is 0. The molecule has 11 heteroatoms. The molecule has 3 aromatic rings. The van der Waals surface area contributed by atoms with Gasteiger partial charge in [0.1, 0.15) is 11.4 Å². The molecule has 0 saturated carbocycles. The molecular weight excluding hydrogens is 458 g/mol. The van der Waals surface area contributed by atoms with Crippen LogP contribution >= 0.6 is 0 Å². The highest BCUT2D eigenvalue weighted by Gasteiger charge is 2.59. The number of aliphatic imine (C=N–C) groups is 2. The standard InChI is InChI=1S/C25H31N9O2/c1-22(2)24(5,6)33(35)20(29-22)16-12-26-31(14-16)18-10-9-11-19(28-18)32-15-17(13-27-32)21-30-23(3,4)25(7,8)34(21)36/h9-15H,1-8H3. The van der Waals surface area contributed by atoms with Crippen molar-refractivity contribution < 1.29 is 4.76 Å². The predicted molar refractivity (Wildman–Crippen MR) is 137 cm³/mol. The van der Waals surface area contributed by atoms with E-state index >= 15 is 0 Å². The lowest BCUT2D eigenvalue weighted by Gasteiger charge is -2.45. The summed E-state index contributed by atoms with van der Waals surface area (Å²) in [5, 5.41) is 22.7. The van der Waals surface area contributed by atoms with Gasteiger partial charge >= 0.3 is 5.84 Å². The van der Waals surface area contributed by atoms with Crippen LogP contribution in [-0.2, 0) is 0 Å². The molecule has 0 fully saturated rings. The van der Waals surface area contributed by atoms with Gasteiger partial charge in [0.2, 0.25) is 0 Å². The van der Waals surface area contributed by atoms with Crippen LogP contribution in [0.3, 0.4) is 0 Å². The van der Waals surface area contributed by atoms with E-state index in [-0.39, 0.29) is 0 Å². The maximum atomic E-state index is 12.9. The van der Waals surface area contributed by atoms with Crippen molar-refractivity contribution in [2.24, 2.45) is 9.98 Å². The first kappa shape index (κ1) is 24.0. The Bertz CT molecular complexity index is 1440. The number of pyridine rings is 1. The maximum absolute atomic E-state index is 12.9. The third-order valence-corrected chi connectivity index (χ3v) is 8.04. The molecule has 0 saturated heterocycles. The van der Waals surface area contributed by atoms with E-state index in [2.05, 4.69) is 25.2 Å². The number of hydrogen-bond donors (Lipinski definition) is 0. The zero-order valence-corrected chi connectivity index (χ0v) is 21.9. The first-order valence-corrected chi connectivity index (χ1v) is 11.9. The highest BCUT2D eigenvalue weighted by molar-refractivity contribution is 6.01. The second-order valence-electron chi connectivity index (χ2n) is 11.4. The van der Waals surface area contributed by atoms with Gasteiger partial charge in [0.05, 0.1) is 23.5 Å². The first-order chi connectivity index (χ1) is 16.7. The van der Waals surface area contributed by atoms with Gasteiger partial charge in [-0.25, -0.2) is 14.3 Å². The molecule has 0 aliphatic carbocycles. The molecule has 2 aliphatic heterocycles. The van der Waals surface area contributed by atoms with Crippen molar-refractivity contribution in [2.45, 2.75) is 77.5 Å². The van der Waals surface area contributed by atoms with Crippen LogP contribution in [0.1, 0.15) is 66.5 Å². The SMILES string of the molecule is CC1(C)N=C(c2cnn(-c3cccc(-n4cc(C5=NC(C)(C)C(C)(C)[N+]5=O)cn4)n3)c2)N([O-])C1(C)C. The summed E-state index contributed by atoms with van der Waals surface area (Å²) in [6.45, 7) is 15.3. The maximum Gasteiger partial charge on any atom is 0.367 e. The Morgan fingerprint density at radius 2 is 1.36 bits per heavy atom. The van der Waals surface area contributed by atoms with Gasteiger partial charge in [0.25, 0.3) is 0 Å². The minimum absolute atomic E-state index is 0.356. The van der Waals surface area contributed by atoms with Gasteiger partial charge in [0.15, 0.2) is 22.7 Å². The molecule has 3 aromatic heterocycles. The van der Waals surface area contributed by atoms with Crippen molar-refractivity contribution in [1.82, 2.24) is 29.6 Å². The third kappa shape index (κ3) is 3.33. The second kappa shape index (κ2) is 7.39. The van der Waals surface area contributed by atoms with Crippen LogP contribution in [-0.4, -0.2) is 68.2 Å². The van der Waals surface area contributed by atoms with Gasteiger partial charge in [0, 0.05) is 17.9 Å². The average molecular weight is 490 g/mol. The zero-order chi connectivity index (χ0) is 26.3. The van der Waals surface area contributed by atoms with Crippen molar-refractivity contribution in [3.8, 4) is 11.6 Å². The van der Waals surface area contributed by atoms with Gasteiger partial charge in [-0.1, -0.05) is 16.0 Å². The minimum Gasteiger partial charge on any atom is -0.757 e. The fraction of sp³-hybridized carbons (Fsp3) is 0.480. The average Bonchev–Trinajstić information content (AvgIpc) is 3.55. The lowest BCUT2D eigenvalue weighted by molar-refractivity contribution is -0.514. The Labute approximate surface area is 209 Å². The molecule has 0 atom stereocenters. The van der Waals surface area contributed by atoms with E-state index in [0.29, 0.717) is 34.4 Å². The first-order valence-electron chi connectivity index (χ1n) is 11.9. The van der Waals surface area contributed by atoms with Gasteiger partial charge in [-0.15, -0.1) is 0 Å². The summed E-state index contributed by atoms with van der Waals surface area (Å²) in [6.07, 6.45) is 6.72. The van der Waals surface area contributed by atoms with Crippen LogP contribution in [0.25, 0.3) is 11.6 Å². The molecule has 0 spiro atoms. The molecule has 0 bridgehead atoms. The van der Waals surface area contributed by atoms with E-state index in [4.69, 9.17) is 0 Å². The molecule has 5 heterocycles. The van der Waals surface area contributed by atoms with E-state index in [9.17, 15) is 10.1 Å². The number of hydrogen-bond acceptors (Lipinski definition) is 8. The second-order valence-corrected chi connectivity index (χ2v) is 11.4. The molecule has 0 N–H and O–H groups in total. The van der Waals surface area contributed by atoms with Crippen molar-refractivity contribution in [1.29, 1.82) is 0 Å². The summed E-state index contributed by atoms with van der Waals surface area (Å²) in [5.74, 6) is 1.82. The summed E-state index contributed by atoms with van der Waals surface area (Å²) in [7, 11) is 0. The van der Waals surface area contributed by atoms with Crippen molar-refractivity contribution in [3.05, 3.63) is 64.2 Å². The number of nitroso groups, excluding NO2 is 1. The molecule has 0 aromatic carbocycles. The monoisotopic (exact) mass is 489 g/mol. The Kier molecular flexibility index (Phi) is 4.92. The Morgan fingerprint density at radius 1 is 0.806 bits per heavy atom. The van der Waals surface area contributed by atoms with E-state index in [1.165, 1.54) is 0 Å². The highest BCUT2D eigenvalue weighted by atomic mass is 16.5. The van der Waals surface area contributed by atoms with Crippen molar-refractivity contribution >= 4 is 11.7 Å². The van der Waals surface area contributed by atoms with Crippen LogP contribution in [0.15, 0.2) is 53.0 Å². The van der Waals surface area contributed by atoms with Crippen LogP contribution in [0.4, 0.5) is 0 Å². The number of aromatic nitrogens is 5. The van der Waals surface area contributed by atoms with Crippen molar-refractivity contribution in [2.75, 3.05) is 0 Å². The normalized spacial score (nSPS) is 21.6. The van der Waals surface area contributed by atoms with Crippen LogP contribution in [0.5, 0.6) is 0 Å². The van der Waals surface area contributed by atoms with Gasteiger partial charge in [-0.3, -0.25) is 4.99 Å². The Hall–Kier alpha value is -3.73. The number of nitrogens with zero attached hydrogens (tertiary/aromatic N) is 9. The largest absolute Gasteiger partial charge is 0.757 e. The van der Waals surface area contributed by atoms with E-state index in [1.54, 1.807) is 34.2 Å². The van der Waals surface area contributed by atoms with Crippen molar-refractivity contribution in [3.63, 3.8) is 0 Å². The smallest absolute Gasteiger partial charge is 0.367 e. The molecule has 0 amide bonds. The quantitative estimate of drug-likeness (QED) is 0.516. The lowest BCUT2D eigenvalue weighted by Crippen LogP contribution is -2.50. The van der Waals surface area contributed by atoms with Crippen LogP contribution in [0, 0.1) is 10.1 Å². The van der Waals surface area contributed by atoms with E-state index in [0.717, 1.165) is 9.82 Å². The summed E-state index contributed by atoms with van der Waals surface area (Å²) in [5.41, 5.74) is -1.16. The van der Waals surface area contributed by atoms with E-state index in [1.807, 2.05) is 73.6 Å². The fourth-order valence-corrected chi connectivity index (χ4v) is 4.08. The molecule has 11 nitrogen and oxygen atoms in total. The number of hydroxylamine groups is 2. The summed E-state index contributed by atoms with van der Waals surface area (Å²) < 4.78 is 4.16. The third-order valence-electron chi connectivity index (χ3n) is 8.04. The molecule has 0 radical (unpaired) electrons. The van der Waals surface area contributed by atoms with Gasteiger partial charge in [-0.05, 0) is 72.3 Å². The molecular formula is C25H31N9O2. The Morgan fingerprint density at radius 3 is 1.86 bits per heavy atom. The van der Waals surface area contributed by atoms with Crippen LogP contribution in [0.2, 0.25) is 0 Å². The summed E-state index contributed by atoms with van der Waals surface area (Å²) in [4.78, 5) is 26.9. The van der Waals surface area contributed by atoms with Gasteiger partial charge in [-0.2, -0.15) is 10.2 Å². The summed E-state index contributed by atoms with van der Waals surface area (Å²) in [6, 6.07) is 5.48. The predicted octanol–water partition coefficient (Wildman–Crippen LogP) is 3.67. The molecule has 5 rings (SSSR count). The topological polar surface area (TPSA) is 120 Å². The number of rotatable bonds is 4. The molecule has 36 heavy (non-hydrogen) atoms. The Balaban J connectivity index is 1.44. The van der Waals surface area contributed by atoms with Crippen LogP contribution < -0.4 is 0 Å². The van der Waals surface area contributed by atoms with E-state index < -0.39 is 22.2 Å². The van der Waals surface area contributed by atoms with Gasteiger partial charge < -0.3 is 10.3 Å². The lowest BCUT2D eigenvalue weighted by atomic mass is 9.84.